The Hall–Kier alpha value is -2.87. The lowest BCUT2D eigenvalue weighted by Crippen LogP contribution is -2.38. The second kappa shape index (κ2) is 8.87. The highest BCUT2D eigenvalue weighted by molar-refractivity contribution is 7.89. The molecule has 162 valence electrons. The normalized spacial score (nSPS) is 14.4. The predicted molar refractivity (Wildman–Crippen MR) is 100 cm³/mol. The van der Waals surface area contributed by atoms with Crippen LogP contribution >= 0.6 is 0 Å². The summed E-state index contributed by atoms with van der Waals surface area (Å²) < 4.78 is 66.7. The molecule has 0 amide bonds. The molecule has 13 heteroatoms. The van der Waals surface area contributed by atoms with E-state index in [1.54, 1.807) is 12.1 Å². The number of hydrazone groups is 1. The zero-order valence-electron chi connectivity index (χ0n) is 15.3. The molecule has 1 aliphatic heterocycles. The van der Waals surface area contributed by atoms with Gasteiger partial charge < -0.3 is 9.84 Å². The van der Waals surface area contributed by atoms with Gasteiger partial charge in [0.15, 0.2) is 5.84 Å². The molecular weight excluding hydrogens is 427 g/mol. The fourth-order valence-corrected chi connectivity index (χ4v) is 3.54. The van der Waals surface area contributed by atoms with E-state index < -0.39 is 16.4 Å². The van der Waals surface area contributed by atoms with Gasteiger partial charge in [-0.3, -0.25) is 5.43 Å². The number of rotatable bonds is 8. The lowest BCUT2D eigenvalue weighted by atomic mass is 10.2. The molecular formula is C17H18F3N5O4S. The molecule has 0 aromatic heterocycles. The van der Waals surface area contributed by atoms with Gasteiger partial charge in [0, 0.05) is 12.1 Å². The third-order valence-electron chi connectivity index (χ3n) is 3.86. The molecule has 0 saturated heterocycles. The van der Waals surface area contributed by atoms with Crippen LogP contribution in [0.2, 0.25) is 0 Å². The molecule has 0 saturated carbocycles. The second-order valence-corrected chi connectivity index (χ2v) is 7.85. The number of nitrogens with one attached hydrogen (secondary N) is 3. The third kappa shape index (κ3) is 5.82. The highest BCUT2D eigenvalue weighted by atomic mass is 32.2. The Labute approximate surface area is 170 Å². The third-order valence-corrected chi connectivity index (χ3v) is 5.33. The average molecular weight is 445 g/mol. The van der Waals surface area contributed by atoms with Crippen molar-refractivity contribution in [3.63, 3.8) is 0 Å². The summed E-state index contributed by atoms with van der Waals surface area (Å²) in [4.78, 5) is 0.0456. The molecule has 30 heavy (non-hydrogen) atoms. The van der Waals surface area contributed by atoms with Crippen molar-refractivity contribution < 1.29 is 31.4 Å². The number of sulfonamides is 1. The van der Waals surface area contributed by atoms with Crippen LogP contribution in [0.15, 0.2) is 58.5 Å². The summed E-state index contributed by atoms with van der Waals surface area (Å²) >= 11 is 0. The lowest BCUT2D eigenvalue weighted by molar-refractivity contribution is -0.274. The van der Waals surface area contributed by atoms with Gasteiger partial charge in [-0.1, -0.05) is 12.1 Å². The van der Waals surface area contributed by atoms with Crippen LogP contribution in [-0.2, 0) is 16.6 Å². The van der Waals surface area contributed by atoms with Crippen molar-refractivity contribution >= 4 is 15.9 Å². The van der Waals surface area contributed by atoms with E-state index in [0.29, 0.717) is 17.0 Å². The monoisotopic (exact) mass is 445 g/mol. The predicted octanol–water partition coefficient (Wildman–Crippen LogP) is 1.04. The quantitative estimate of drug-likeness (QED) is 0.480. The Morgan fingerprint density at radius 1 is 1.10 bits per heavy atom. The van der Waals surface area contributed by atoms with Crippen molar-refractivity contribution in [2.45, 2.75) is 17.8 Å². The number of aliphatic hydroxyl groups is 1. The molecule has 0 fully saturated rings. The van der Waals surface area contributed by atoms with E-state index in [1.165, 1.54) is 41.5 Å². The van der Waals surface area contributed by atoms with Crippen molar-refractivity contribution in [1.82, 2.24) is 20.8 Å². The summed E-state index contributed by atoms with van der Waals surface area (Å²) in [7, 11) is -3.71. The van der Waals surface area contributed by atoms with E-state index in [1.807, 2.05) is 0 Å². The van der Waals surface area contributed by atoms with Gasteiger partial charge in [-0.25, -0.2) is 18.3 Å². The Bertz CT molecular complexity index is 996. The molecule has 4 N–H and O–H groups in total. The van der Waals surface area contributed by atoms with Crippen LogP contribution in [-0.4, -0.2) is 44.0 Å². The van der Waals surface area contributed by atoms with E-state index in [9.17, 15) is 21.6 Å². The van der Waals surface area contributed by atoms with Gasteiger partial charge >= 0.3 is 6.36 Å². The van der Waals surface area contributed by atoms with Crippen LogP contribution < -0.4 is 20.4 Å². The number of hydrogen-bond donors (Lipinski definition) is 4. The lowest BCUT2D eigenvalue weighted by Gasteiger charge is -2.13. The van der Waals surface area contributed by atoms with Crippen LogP contribution in [0.25, 0.3) is 0 Å². The van der Waals surface area contributed by atoms with E-state index in [4.69, 9.17) is 5.11 Å². The van der Waals surface area contributed by atoms with Crippen molar-refractivity contribution in [3.05, 3.63) is 59.7 Å². The maximum Gasteiger partial charge on any atom is 0.573 e. The topological polar surface area (TPSA) is 115 Å². The van der Waals surface area contributed by atoms with Crippen molar-refractivity contribution in [2.24, 2.45) is 5.10 Å². The molecule has 0 spiro atoms. The minimum Gasteiger partial charge on any atom is -0.406 e. The first-order valence-electron chi connectivity index (χ1n) is 8.60. The molecule has 9 nitrogen and oxygen atoms in total. The molecule has 2 aromatic carbocycles. The number of halogens is 3. The maximum absolute atomic E-state index is 12.2. The Morgan fingerprint density at radius 2 is 1.77 bits per heavy atom. The Kier molecular flexibility index (Phi) is 6.45. The van der Waals surface area contributed by atoms with Crippen LogP contribution in [0.5, 0.6) is 5.75 Å². The van der Waals surface area contributed by atoms with Gasteiger partial charge in [-0.2, -0.15) is 0 Å². The van der Waals surface area contributed by atoms with Gasteiger partial charge in [-0.15, -0.1) is 23.8 Å². The fraction of sp³-hybridized carbons (Fsp3) is 0.235. The Morgan fingerprint density at radius 3 is 2.37 bits per heavy atom. The number of alkyl halides is 3. The second-order valence-electron chi connectivity index (χ2n) is 6.08. The first-order valence-corrected chi connectivity index (χ1v) is 10.1. The van der Waals surface area contributed by atoms with Gasteiger partial charge in [-0.05, 0) is 42.0 Å². The molecule has 2 aromatic rings. The van der Waals surface area contributed by atoms with E-state index in [0.717, 1.165) is 0 Å². The number of ether oxygens (including phenoxy) is 1. The number of hydrazine groups is 2. The van der Waals surface area contributed by atoms with Crippen molar-refractivity contribution in [1.29, 1.82) is 0 Å². The minimum absolute atomic E-state index is 0.0456. The molecule has 0 atom stereocenters. The van der Waals surface area contributed by atoms with Crippen LogP contribution in [0.4, 0.5) is 13.2 Å². The molecule has 0 bridgehead atoms. The molecule has 3 rings (SSSR count). The molecule has 0 unspecified atom stereocenters. The summed E-state index contributed by atoms with van der Waals surface area (Å²) in [5, 5.41) is 14.5. The van der Waals surface area contributed by atoms with Gasteiger partial charge in [0.2, 0.25) is 10.0 Å². The summed E-state index contributed by atoms with van der Waals surface area (Å²) in [6.45, 7) is -0.140. The molecule has 0 radical (unpaired) electrons. The average Bonchev–Trinajstić information content (AvgIpc) is 3.15. The number of nitrogens with zero attached hydrogens (tertiary/aromatic N) is 2. The van der Waals surface area contributed by atoms with Crippen molar-refractivity contribution in [3.8, 4) is 5.75 Å². The van der Waals surface area contributed by atoms with Crippen LogP contribution in [0, 0.1) is 0 Å². The summed E-state index contributed by atoms with van der Waals surface area (Å²) in [6.07, 6.45) is -4.75. The number of amidine groups is 1. The number of aliphatic hydroxyl groups excluding tert-OH is 1. The summed E-state index contributed by atoms with van der Waals surface area (Å²) in [5.41, 5.74) is 6.91. The standard InChI is InChI=1S/C17H18F3N5O4S/c18-17(19,20)29-14-5-1-12(2-6-14)11-25-23-16(22-24-25)13-3-7-15(8-4-13)30(27,28)21-9-10-26/h1-8,21,24,26H,9-11H2,(H,22,23). The van der Waals surface area contributed by atoms with E-state index >= 15 is 0 Å². The molecule has 1 aliphatic rings. The smallest absolute Gasteiger partial charge is 0.406 e. The first kappa shape index (κ1) is 21.8. The summed E-state index contributed by atoms with van der Waals surface area (Å²) in [6, 6.07) is 11.3. The van der Waals surface area contributed by atoms with Gasteiger partial charge in [0.25, 0.3) is 0 Å². The highest BCUT2D eigenvalue weighted by Crippen LogP contribution is 2.23. The molecule has 1 heterocycles. The van der Waals surface area contributed by atoms with Crippen LogP contribution in [0.1, 0.15) is 11.1 Å². The number of benzene rings is 2. The Balaban J connectivity index is 1.63. The highest BCUT2D eigenvalue weighted by Gasteiger charge is 2.31. The van der Waals surface area contributed by atoms with Crippen molar-refractivity contribution in [2.75, 3.05) is 13.2 Å². The zero-order valence-corrected chi connectivity index (χ0v) is 16.2. The van der Waals surface area contributed by atoms with Gasteiger partial charge in [0.1, 0.15) is 5.75 Å². The summed E-state index contributed by atoms with van der Waals surface area (Å²) in [5.74, 6) is 0.116. The first-order chi connectivity index (χ1) is 14.2. The zero-order chi connectivity index (χ0) is 21.8. The number of hydrogen-bond acceptors (Lipinski definition) is 8. The molecule has 0 aliphatic carbocycles. The van der Waals surface area contributed by atoms with E-state index in [2.05, 4.69) is 25.5 Å². The fourth-order valence-electron chi connectivity index (χ4n) is 2.52. The van der Waals surface area contributed by atoms with Crippen LogP contribution in [0.3, 0.4) is 0 Å². The maximum atomic E-state index is 12.2. The minimum atomic E-state index is -4.75. The van der Waals surface area contributed by atoms with E-state index in [-0.39, 0.29) is 30.3 Å². The SMILES string of the molecule is O=S(=O)(NCCO)c1ccc(C2=NN(Cc3ccc(OC(F)(F)F)cc3)NN2)cc1. The van der Waals surface area contributed by atoms with Gasteiger partial charge in [0.05, 0.1) is 18.0 Å². The largest absolute Gasteiger partial charge is 0.573 e.